The van der Waals surface area contributed by atoms with Gasteiger partial charge in [-0.1, -0.05) is 18.2 Å². The number of hydrogen-bond acceptors (Lipinski definition) is 6. The van der Waals surface area contributed by atoms with Crippen molar-refractivity contribution in [3.8, 4) is 17.5 Å². The number of aryl methyl sites for hydroxylation is 1. The van der Waals surface area contributed by atoms with E-state index in [2.05, 4.69) is 16.4 Å². The van der Waals surface area contributed by atoms with Gasteiger partial charge in [0.05, 0.1) is 6.07 Å². The topological polar surface area (TPSA) is 105 Å². The predicted molar refractivity (Wildman–Crippen MR) is 91.8 cm³/mol. The highest BCUT2D eigenvalue weighted by Crippen LogP contribution is 2.39. The van der Waals surface area contributed by atoms with Gasteiger partial charge >= 0.3 is 5.97 Å². The summed E-state index contributed by atoms with van der Waals surface area (Å²) in [7, 11) is 0. The summed E-state index contributed by atoms with van der Waals surface area (Å²) in [6.45, 7) is 2.81. The Labute approximate surface area is 151 Å². The van der Waals surface area contributed by atoms with Gasteiger partial charge in [-0.3, -0.25) is 4.79 Å². The summed E-state index contributed by atoms with van der Waals surface area (Å²) < 4.78 is 10.5. The molecular weight excluding hydrogens is 334 g/mol. The molecule has 26 heavy (non-hydrogen) atoms. The number of carbonyl (C=O) groups is 2. The summed E-state index contributed by atoms with van der Waals surface area (Å²) >= 11 is 0. The number of aromatic nitrogens is 1. The number of hydrogen-bond donors (Lipinski definition) is 1. The van der Waals surface area contributed by atoms with Crippen LogP contribution in [0.25, 0.3) is 11.5 Å². The molecule has 134 valence electrons. The van der Waals surface area contributed by atoms with Gasteiger partial charge in [0.1, 0.15) is 11.3 Å². The highest BCUT2D eigenvalue weighted by Gasteiger charge is 2.43. The van der Waals surface area contributed by atoms with Gasteiger partial charge in [-0.15, -0.1) is 0 Å². The third-order valence-corrected chi connectivity index (χ3v) is 4.37. The molecule has 7 nitrogen and oxygen atoms in total. The zero-order valence-electron chi connectivity index (χ0n) is 14.6. The Balaban J connectivity index is 1.61. The third-order valence-electron chi connectivity index (χ3n) is 4.37. The molecular formula is C19H19N3O4. The van der Waals surface area contributed by atoms with E-state index in [4.69, 9.17) is 9.15 Å². The zero-order valence-corrected chi connectivity index (χ0v) is 14.6. The van der Waals surface area contributed by atoms with Crippen LogP contribution in [0, 0.1) is 24.2 Å². The fraction of sp³-hybridized carbons (Fsp3) is 0.368. The first-order valence-corrected chi connectivity index (χ1v) is 8.35. The van der Waals surface area contributed by atoms with Crippen LogP contribution in [0.5, 0.6) is 0 Å². The molecule has 2 aromatic rings. The minimum atomic E-state index is -0.923. The lowest BCUT2D eigenvalue weighted by atomic mass is 9.98. The zero-order chi connectivity index (χ0) is 18.7. The van der Waals surface area contributed by atoms with Gasteiger partial charge in [-0.05, 0) is 44.7 Å². The van der Waals surface area contributed by atoms with Gasteiger partial charge in [-0.2, -0.15) is 5.26 Å². The highest BCUT2D eigenvalue weighted by molar-refractivity contribution is 5.91. The van der Waals surface area contributed by atoms with Crippen LogP contribution in [-0.4, -0.2) is 29.0 Å². The molecule has 1 atom stereocenters. The lowest BCUT2D eigenvalue weighted by Gasteiger charge is -2.22. The van der Waals surface area contributed by atoms with Crippen LogP contribution in [0.1, 0.15) is 36.0 Å². The van der Waals surface area contributed by atoms with Gasteiger partial charge in [0.15, 0.2) is 12.3 Å². The first kappa shape index (κ1) is 17.7. The van der Waals surface area contributed by atoms with E-state index in [9.17, 15) is 14.9 Å². The Hall–Kier alpha value is -3.14. The van der Waals surface area contributed by atoms with Gasteiger partial charge in [0, 0.05) is 5.56 Å². The molecule has 1 N–H and O–H groups in total. The molecule has 1 aromatic carbocycles. The second kappa shape index (κ2) is 7.00. The number of esters is 1. The average molecular weight is 353 g/mol. The van der Waals surface area contributed by atoms with Crippen molar-refractivity contribution in [3.05, 3.63) is 41.8 Å². The van der Waals surface area contributed by atoms with Crippen LogP contribution in [0.2, 0.25) is 0 Å². The number of nitrogens with one attached hydrogen (secondary N) is 1. The molecule has 0 bridgehead atoms. The molecule has 1 fully saturated rings. The second-order valence-electron chi connectivity index (χ2n) is 6.50. The van der Waals surface area contributed by atoms with E-state index < -0.39 is 24.0 Å². The van der Waals surface area contributed by atoms with Crippen LogP contribution in [0.4, 0.5) is 0 Å². The van der Waals surface area contributed by atoms with E-state index in [-0.39, 0.29) is 11.6 Å². The van der Waals surface area contributed by atoms with Crippen molar-refractivity contribution >= 4 is 11.9 Å². The number of rotatable bonds is 6. The molecule has 1 heterocycles. The summed E-state index contributed by atoms with van der Waals surface area (Å²) in [6.07, 6.45) is 1.81. The quantitative estimate of drug-likeness (QED) is 0.800. The largest absolute Gasteiger partial charge is 0.451 e. The highest BCUT2D eigenvalue weighted by atomic mass is 16.5. The Morgan fingerprint density at radius 2 is 2.08 bits per heavy atom. The monoisotopic (exact) mass is 353 g/mol. The summed E-state index contributed by atoms with van der Waals surface area (Å²) in [5.74, 6) is -0.481. The van der Waals surface area contributed by atoms with E-state index in [1.165, 1.54) is 0 Å². The Morgan fingerprint density at radius 3 is 2.69 bits per heavy atom. The van der Waals surface area contributed by atoms with Crippen molar-refractivity contribution in [3.63, 3.8) is 0 Å². The first-order chi connectivity index (χ1) is 12.4. The van der Waals surface area contributed by atoms with Crippen LogP contribution >= 0.6 is 0 Å². The Kier molecular flexibility index (Phi) is 4.76. The molecule has 3 rings (SSSR count). The smallest absolute Gasteiger partial charge is 0.361 e. The molecule has 1 aliphatic rings. The van der Waals surface area contributed by atoms with Crippen molar-refractivity contribution in [1.29, 1.82) is 5.26 Å². The molecule has 0 saturated heterocycles. The molecule has 0 unspecified atom stereocenters. The fourth-order valence-corrected chi connectivity index (χ4v) is 2.70. The van der Waals surface area contributed by atoms with Crippen LogP contribution in [0.3, 0.4) is 0 Å². The number of carbonyl (C=O) groups excluding carboxylic acids is 2. The molecule has 1 saturated carbocycles. The summed E-state index contributed by atoms with van der Waals surface area (Å²) in [6, 6.07) is 11.3. The predicted octanol–water partition coefficient (Wildman–Crippen LogP) is 2.62. The molecule has 1 aromatic heterocycles. The standard InChI is InChI=1S/C19H19N3O4/c1-12-16(21-17(26-12)13-6-4-3-5-7-13)18(24)25-10-15(23)22-19(2,11-20)14-8-9-14/h3-7,14H,8-10H2,1-2H3,(H,22,23)/t19-/m0/s1. The van der Waals surface area contributed by atoms with E-state index in [1.807, 2.05) is 30.3 Å². The maximum atomic E-state index is 12.2. The number of nitriles is 1. The van der Waals surface area contributed by atoms with Crippen LogP contribution in [-0.2, 0) is 9.53 Å². The maximum absolute atomic E-state index is 12.2. The van der Waals surface area contributed by atoms with Crippen molar-refractivity contribution in [2.24, 2.45) is 5.92 Å². The molecule has 1 aliphatic carbocycles. The van der Waals surface area contributed by atoms with Gasteiger partial charge in [0.2, 0.25) is 5.89 Å². The summed E-state index contributed by atoms with van der Waals surface area (Å²) in [4.78, 5) is 28.4. The van der Waals surface area contributed by atoms with Crippen molar-refractivity contribution in [1.82, 2.24) is 10.3 Å². The number of benzene rings is 1. The molecule has 0 radical (unpaired) electrons. The SMILES string of the molecule is Cc1oc(-c2ccccc2)nc1C(=O)OCC(=O)N[C@@](C)(C#N)C1CC1. The fourth-order valence-electron chi connectivity index (χ4n) is 2.70. The number of ether oxygens (including phenoxy) is 1. The molecule has 7 heteroatoms. The molecule has 1 amide bonds. The van der Waals surface area contributed by atoms with Gasteiger partial charge in [-0.25, -0.2) is 9.78 Å². The van der Waals surface area contributed by atoms with E-state index in [0.717, 1.165) is 18.4 Å². The minimum absolute atomic E-state index is 0.0295. The summed E-state index contributed by atoms with van der Waals surface area (Å²) in [5.41, 5.74) is -0.156. The van der Waals surface area contributed by atoms with E-state index in [1.54, 1.807) is 13.8 Å². The Bertz CT molecular complexity index is 865. The Morgan fingerprint density at radius 1 is 1.38 bits per heavy atom. The normalized spacial score (nSPS) is 15.6. The third kappa shape index (κ3) is 3.75. The lowest BCUT2D eigenvalue weighted by Crippen LogP contribution is -2.48. The molecule has 0 aliphatic heterocycles. The average Bonchev–Trinajstić information content (AvgIpc) is 3.43. The second-order valence-corrected chi connectivity index (χ2v) is 6.50. The lowest BCUT2D eigenvalue weighted by molar-refractivity contribution is -0.125. The van der Waals surface area contributed by atoms with Crippen molar-refractivity contribution in [2.45, 2.75) is 32.2 Å². The number of oxazole rings is 1. The first-order valence-electron chi connectivity index (χ1n) is 8.35. The van der Waals surface area contributed by atoms with Crippen molar-refractivity contribution < 1.29 is 18.7 Å². The van der Waals surface area contributed by atoms with Crippen LogP contribution < -0.4 is 5.32 Å². The van der Waals surface area contributed by atoms with Crippen LogP contribution in [0.15, 0.2) is 34.7 Å². The summed E-state index contributed by atoms with van der Waals surface area (Å²) in [5, 5.41) is 11.9. The van der Waals surface area contributed by atoms with E-state index in [0.29, 0.717) is 11.7 Å². The minimum Gasteiger partial charge on any atom is -0.451 e. The van der Waals surface area contributed by atoms with Gasteiger partial charge < -0.3 is 14.5 Å². The van der Waals surface area contributed by atoms with E-state index >= 15 is 0 Å². The maximum Gasteiger partial charge on any atom is 0.361 e. The molecule has 0 spiro atoms. The number of amides is 1. The van der Waals surface area contributed by atoms with Gasteiger partial charge in [0.25, 0.3) is 5.91 Å². The van der Waals surface area contributed by atoms with Crippen molar-refractivity contribution in [2.75, 3.05) is 6.61 Å². The number of nitrogens with zero attached hydrogens (tertiary/aromatic N) is 2.